The third kappa shape index (κ3) is 5.86. The van der Waals surface area contributed by atoms with E-state index < -0.39 is 12.0 Å². The number of aromatic nitrogens is 2. The molecule has 1 amide bonds. The summed E-state index contributed by atoms with van der Waals surface area (Å²) in [6.45, 7) is 3.30. The highest BCUT2D eigenvalue weighted by atomic mass is 16.5. The molecule has 1 aromatic heterocycles. The number of amides is 1. The molecule has 2 rings (SSSR count). The maximum absolute atomic E-state index is 11.2. The second-order valence-corrected chi connectivity index (χ2v) is 5.84. The summed E-state index contributed by atoms with van der Waals surface area (Å²) >= 11 is 0. The summed E-state index contributed by atoms with van der Waals surface area (Å²) in [5.74, 6) is -0.145. The maximum Gasteiger partial charge on any atom is 0.252 e. The van der Waals surface area contributed by atoms with Crippen LogP contribution in [0.15, 0.2) is 30.6 Å². The Hall–Kier alpha value is -2.42. The number of imidazole rings is 1. The number of hydrogen-bond acceptors (Lipinski definition) is 6. The van der Waals surface area contributed by atoms with Gasteiger partial charge in [-0.25, -0.2) is 4.98 Å². The van der Waals surface area contributed by atoms with Crippen molar-refractivity contribution in [3.05, 3.63) is 47.5 Å². The Bertz CT molecular complexity index is 675. The van der Waals surface area contributed by atoms with Gasteiger partial charge in [0.15, 0.2) is 0 Å². The fraction of sp³-hybridized carbons (Fsp3) is 0.412. The van der Waals surface area contributed by atoms with Gasteiger partial charge in [-0.05, 0) is 31.0 Å². The molecule has 25 heavy (non-hydrogen) atoms. The van der Waals surface area contributed by atoms with Crippen molar-refractivity contribution >= 4 is 5.91 Å². The molecule has 0 aliphatic rings. The van der Waals surface area contributed by atoms with Crippen LogP contribution >= 0.6 is 0 Å². The number of hydrogen-bond donors (Lipinski definition) is 5. The average molecular weight is 348 g/mol. The lowest BCUT2D eigenvalue weighted by molar-refractivity contribution is 0.0996. The van der Waals surface area contributed by atoms with E-state index in [2.05, 4.69) is 15.3 Å². The van der Waals surface area contributed by atoms with Crippen LogP contribution in [0.1, 0.15) is 41.2 Å². The first kappa shape index (κ1) is 18.9. The quantitative estimate of drug-likeness (QED) is 0.404. The molecule has 0 aliphatic heterocycles. The zero-order valence-electron chi connectivity index (χ0n) is 14.1. The second-order valence-electron chi connectivity index (χ2n) is 5.84. The lowest BCUT2D eigenvalue weighted by Gasteiger charge is -2.18. The molecule has 1 heterocycles. The molecule has 8 heteroatoms. The van der Waals surface area contributed by atoms with Gasteiger partial charge in [-0.1, -0.05) is 6.07 Å². The van der Waals surface area contributed by atoms with Crippen LogP contribution in [0, 0.1) is 0 Å². The van der Waals surface area contributed by atoms with Crippen molar-refractivity contribution < 1.29 is 19.7 Å². The Morgan fingerprint density at radius 1 is 1.48 bits per heavy atom. The van der Waals surface area contributed by atoms with E-state index in [4.69, 9.17) is 10.5 Å². The molecule has 0 aliphatic carbocycles. The average Bonchev–Trinajstić information content (AvgIpc) is 3.10. The minimum absolute atomic E-state index is 0.00377. The van der Waals surface area contributed by atoms with Crippen LogP contribution in [-0.4, -0.2) is 45.3 Å². The number of aromatic hydroxyl groups is 1. The summed E-state index contributed by atoms with van der Waals surface area (Å²) in [4.78, 5) is 18.3. The predicted molar refractivity (Wildman–Crippen MR) is 91.9 cm³/mol. The third-order valence-electron chi connectivity index (χ3n) is 3.82. The molecule has 0 radical (unpaired) electrons. The van der Waals surface area contributed by atoms with Gasteiger partial charge in [0.05, 0.1) is 11.7 Å². The Morgan fingerprint density at radius 2 is 2.28 bits per heavy atom. The van der Waals surface area contributed by atoms with Gasteiger partial charge in [0.2, 0.25) is 0 Å². The Balaban J connectivity index is 1.72. The largest absolute Gasteiger partial charge is 0.507 e. The highest BCUT2D eigenvalue weighted by molar-refractivity contribution is 5.95. The van der Waals surface area contributed by atoms with Gasteiger partial charge in [-0.2, -0.15) is 0 Å². The van der Waals surface area contributed by atoms with Crippen molar-refractivity contribution in [1.82, 2.24) is 15.3 Å². The SMILES string of the molecule is CC(CCOCc1ncc[nH]1)NCC(O)c1ccc(O)c(C(N)=O)c1. The Labute approximate surface area is 146 Å². The Kier molecular flexibility index (Phi) is 6.93. The molecule has 2 unspecified atom stereocenters. The molecule has 1 aromatic carbocycles. The summed E-state index contributed by atoms with van der Waals surface area (Å²) in [6.07, 6.45) is 3.38. The van der Waals surface area contributed by atoms with Crippen molar-refractivity contribution in [1.29, 1.82) is 0 Å². The summed E-state index contributed by atoms with van der Waals surface area (Å²) in [5.41, 5.74) is 5.70. The number of aliphatic hydroxyl groups is 1. The third-order valence-corrected chi connectivity index (χ3v) is 3.82. The highest BCUT2D eigenvalue weighted by Gasteiger charge is 2.14. The van der Waals surface area contributed by atoms with Crippen molar-refractivity contribution in [3.63, 3.8) is 0 Å². The van der Waals surface area contributed by atoms with Gasteiger partial charge < -0.3 is 31.0 Å². The number of phenols is 1. The highest BCUT2D eigenvalue weighted by Crippen LogP contribution is 2.22. The van der Waals surface area contributed by atoms with E-state index in [1.165, 1.54) is 12.1 Å². The van der Waals surface area contributed by atoms with E-state index in [1.807, 2.05) is 6.92 Å². The van der Waals surface area contributed by atoms with Gasteiger partial charge in [0, 0.05) is 31.6 Å². The van der Waals surface area contributed by atoms with E-state index in [9.17, 15) is 15.0 Å². The minimum atomic E-state index is -0.815. The van der Waals surface area contributed by atoms with Gasteiger partial charge >= 0.3 is 0 Å². The first-order chi connectivity index (χ1) is 12.0. The lowest BCUT2D eigenvalue weighted by atomic mass is 10.0. The van der Waals surface area contributed by atoms with E-state index in [0.29, 0.717) is 25.3 Å². The molecule has 2 atom stereocenters. The molecule has 2 aromatic rings. The summed E-state index contributed by atoms with van der Waals surface area (Å²) in [7, 11) is 0. The van der Waals surface area contributed by atoms with Crippen LogP contribution < -0.4 is 11.1 Å². The molecule has 0 saturated carbocycles. The molecule has 8 nitrogen and oxygen atoms in total. The number of H-pyrrole nitrogens is 1. The number of carbonyl (C=O) groups excluding carboxylic acids is 1. The number of carbonyl (C=O) groups is 1. The molecular formula is C17H24N4O4. The Morgan fingerprint density at radius 3 is 2.96 bits per heavy atom. The smallest absolute Gasteiger partial charge is 0.252 e. The van der Waals surface area contributed by atoms with Crippen molar-refractivity contribution in [2.75, 3.05) is 13.2 Å². The molecule has 0 bridgehead atoms. The van der Waals surface area contributed by atoms with E-state index in [1.54, 1.807) is 18.5 Å². The maximum atomic E-state index is 11.2. The number of aromatic amines is 1. The zero-order valence-corrected chi connectivity index (χ0v) is 14.1. The van der Waals surface area contributed by atoms with Gasteiger partial charge in [-0.3, -0.25) is 4.79 Å². The van der Waals surface area contributed by atoms with Crippen molar-refractivity contribution in [3.8, 4) is 5.75 Å². The number of nitrogens with zero attached hydrogens (tertiary/aromatic N) is 1. The minimum Gasteiger partial charge on any atom is -0.507 e. The van der Waals surface area contributed by atoms with Gasteiger partial charge in [0.25, 0.3) is 5.91 Å². The zero-order chi connectivity index (χ0) is 18.2. The molecule has 0 saturated heterocycles. The first-order valence-electron chi connectivity index (χ1n) is 8.07. The summed E-state index contributed by atoms with van der Waals surface area (Å²) in [5, 5.41) is 23.0. The monoisotopic (exact) mass is 348 g/mol. The molecule has 0 spiro atoms. The van der Waals surface area contributed by atoms with Crippen LogP contribution in [0.2, 0.25) is 0 Å². The van der Waals surface area contributed by atoms with Crippen LogP contribution in [0.4, 0.5) is 0 Å². The van der Waals surface area contributed by atoms with Crippen molar-refractivity contribution in [2.24, 2.45) is 5.73 Å². The summed E-state index contributed by atoms with van der Waals surface area (Å²) in [6, 6.07) is 4.45. The van der Waals surface area contributed by atoms with Crippen molar-refractivity contribution in [2.45, 2.75) is 32.1 Å². The normalized spacial score (nSPS) is 13.5. The molecule has 0 fully saturated rings. The topological polar surface area (TPSA) is 133 Å². The number of ether oxygens (including phenoxy) is 1. The first-order valence-corrected chi connectivity index (χ1v) is 8.07. The van der Waals surface area contributed by atoms with E-state index in [0.717, 1.165) is 12.2 Å². The van der Waals surface area contributed by atoms with Gasteiger partial charge in [0.1, 0.15) is 18.2 Å². The lowest BCUT2D eigenvalue weighted by Crippen LogP contribution is -2.31. The number of primary amides is 1. The van der Waals surface area contributed by atoms with Crippen LogP contribution in [0.5, 0.6) is 5.75 Å². The second kappa shape index (κ2) is 9.16. The number of nitrogens with one attached hydrogen (secondary N) is 2. The van der Waals surface area contributed by atoms with E-state index >= 15 is 0 Å². The molecular weight excluding hydrogens is 324 g/mol. The fourth-order valence-corrected chi connectivity index (χ4v) is 2.30. The molecule has 136 valence electrons. The van der Waals surface area contributed by atoms with Gasteiger partial charge in [-0.15, -0.1) is 0 Å². The number of rotatable bonds is 10. The summed E-state index contributed by atoms with van der Waals surface area (Å²) < 4.78 is 5.52. The standard InChI is InChI=1S/C17H24N4O4/c1-11(4-7-25-10-16-19-5-6-20-16)21-9-15(23)12-2-3-14(22)13(8-12)17(18)24/h2-3,5-6,8,11,15,21-23H,4,7,9-10H2,1H3,(H2,18,24)(H,19,20). The van der Waals surface area contributed by atoms with Crippen LogP contribution in [-0.2, 0) is 11.3 Å². The number of benzene rings is 1. The van der Waals surface area contributed by atoms with E-state index in [-0.39, 0.29) is 17.4 Å². The number of nitrogens with two attached hydrogens (primary N) is 1. The van der Waals surface area contributed by atoms with Crippen LogP contribution in [0.25, 0.3) is 0 Å². The fourth-order valence-electron chi connectivity index (χ4n) is 2.30. The van der Waals surface area contributed by atoms with Crippen LogP contribution in [0.3, 0.4) is 0 Å². The number of aliphatic hydroxyl groups excluding tert-OH is 1. The molecule has 6 N–H and O–H groups in total. The predicted octanol–water partition coefficient (Wildman–Crippen LogP) is 0.833.